The molecule has 2 aromatic heterocycles. The highest BCUT2D eigenvalue weighted by Gasteiger charge is 2.26. The van der Waals surface area contributed by atoms with E-state index >= 15 is 0 Å². The van der Waals surface area contributed by atoms with Gasteiger partial charge in [-0.05, 0) is 18.9 Å². The molecule has 2 amide bonds. The lowest BCUT2D eigenvalue weighted by atomic mass is 9.96. The highest BCUT2D eigenvalue weighted by molar-refractivity contribution is 5.88. The maximum atomic E-state index is 13.9. The predicted octanol–water partition coefficient (Wildman–Crippen LogP) is 3.16. The minimum atomic E-state index is -0.291. The molecule has 0 unspecified atom stereocenters. The molecule has 29 heavy (non-hydrogen) atoms. The molecule has 1 aliphatic rings. The van der Waals surface area contributed by atoms with Gasteiger partial charge in [0.05, 0.1) is 12.7 Å². The number of halogens is 1. The number of hydrogen-bond donors (Lipinski definition) is 2. The molecule has 8 nitrogen and oxygen atoms in total. The van der Waals surface area contributed by atoms with Crippen molar-refractivity contribution in [3.05, 3.63) is 59.6 Å². The summed E-state index contributed by atoms with van der Waals surface area (Å²) in [6, 6.07) is 8.09. The number of amides is 2. The molecule has 9 heteroatoms. The highest BCUT2D eigenvalue weighted by atomic mass is 19.1. The molecule has 0 radical (unpaired) electrons. The maximum absolute atomic E-state index is 13.9. The number of aromatic nitrogens is 5. The van der Waals surface area contributed by atoms with E-state index < -0.39 is 0 Å². The first kappa shape index (κ1) is 19.1. The molecule has 1 aliphatic heterocycles. The van der Waals surface area contributed by atoms with Crippen LogP contribution in [0.15, 0.2) is 36.5 Å². The molecular formula is C20H24FN7O. The number of carbonyl (C=O) groups excluding carboxylic acids is 1. The van der Waals surface area contributed by atoms with Crippen LogP contribution in [0.1, 0.15) is 42.9 Å². The second kappa shape index (κ2) is 8.42. The molecule has 0 saturated carbocycles. The van der Waals surface area contributed by atoms with Gasteiger partial charge >= 0.3 is 6.03 Å². The van der Waals surface area contributed by atoms with Gasteiger partial charge in [0.1, 0.15) is 17.5 Å². The Labute approximate surface area is 168 Å². The summed E-state index contributed by atoms with van der Waals surface area (Å²) in [6.07, 6.45) is 4.07. The highest BCUT2D eigenvalue weighted by Crippen LogP contribution is 2.26. The van der Waals surface area contributed by atoms with Crippen LogP contribution in [-0.4, -0.2) is 49.0 Å². The van der Waals surface area contributed by atoms with Gasteiger partial charge in [-0.3, -0.25) is 10.4 Å². The maximum Gasteiger partial charge on any atom is 0.322 e. The third-order valence-corrected chi connectivity index (χ3v) is 5.26. The second-order valence-electron chi connectivity index (χ2n) is 7.15. The molecule has 0 atom stereocenters. The second-order valence-corrected chi connectivity index (χ2v) is 7.15. The molecule has 1 aromatic carbocycles. The number of benzene rings is 1. The molecule has 2 N–H and O–H groups in total. The van der Waals surface area contributed by atoms with Crippen molar-refractivity contribution in [1.82, 2.24) is 29.9 Å². The molecule has 1 fully saturated rings. The van der Waals surface area contributed by atoms with Gasteiger partial charge in [-0.1, -0.05) is 25.1 Å². The Morgan fingerprint density at radius 1 is 1.28 bits per heavy atom. The number of piperidine rings is 1. The quantitative estimate of drug-likeness (QED) is 0.692. The van der Waals surface area contributed by atoms with Gasteiger partial charge in [0.15, 0.2) is 5.82 Å². The smallest absolute Gasteiger partial charge is 0.322 e. The molecule has 152 valence electrons. The Bertz CT molecular complexity index is 975. The fourth-order valence-corrected chi connectivity index (χ4v) is 3.53. The van der Waals surface area contributed by atoms with E-state index in [0.29, 0.717) is 24.5 Å². The number of rotatable bonds is 5. The van der Waals surface area contributed by atoms with E-state index in [1.807, 2.05) is 6.92 Å². The van der Waals surface area contributed by atoms with Crippen LogP contribution < -0.4 is 5.32 Å². The Balaban J connectivity index is 1.35. The Kier molecular flexibility index (Phi) is 5.55. The summed E-state index contributed by atoms with van der Waals surface area (Å²) in [5.74, 6) is 2.25. The van der Waals surface area contributed by atoms with Crippen LogP contribution in [-0.2, 0) is 13.0 Å². The van der Waals surface area contributed by atoms with Gasteiger partial charge < -0.3 is 4.90 Å². The van der Waals surface area contributed by atoms with Crippen molar-refractivity contribution in [3.8, 4) is 0 Å². The monoisotopic (exact) mass is 397 g/mol. The molecule has 0 spiro atoms. The van der Waals surface area contributed by atoms with E-state index in [4.69, 9.17) is 0 Å². The zero-order valence-corrected chi connectivity index (χ0v) is 16.3. The number of H-pyrrole nitrogens is 1. The summed E-state index contributed by atoms with van der Waals surface area (Å²) < 4.78 is 15.5. The summed E-state index contributed by atoms with van der Waals surface area (Å²) in [4.78, 5) is 19.0. The van der Waals surface area contributed by atoms with Crippen molar-refractivity contribution in [1.29, 1.82) is 0 Å². The van der Waals surface area contributed by atoms with E-state index in [1.54, 1.807) is 40.0 Å². The largest absolute Gasteiger partial charge is 0.324 e. The molecule has 3 aromatic rings. The van der Waals surface area contributed by atoms with Crippen LogP contribution in [0.5, 0.6) is 0 Å². The third kappa shape index (κ3) is 4.28. The van der Waals surface area contributed by atoms with Crippen molar-refractivity contribution in [3.63, 3.8) is 0 Å². The lowest BCUT2D eigenvalue weighted by molar-refractivity contribution is 0.193. The number of carbonyl (C=O) groups is 1. The van der Waals surface area contributed by atoms with Gasteiger partial charge in [-0.25, -0.2) is 18.9 Å². The first-order valence-corrected chi connectivity index (χ1v) is 9.86. The van der Waals surface area contributed by atoms with Gasteiger partial charge in [0.25, 0.3) is 0 Å². The number of anilines is 1. The van der Waals surface area contributed by atoms with E-state index in [1.165, 1.54) is 6.07 Å². The lowest BCUT2D eigenvalue weighted by Crippen LogP contribution is -2.41. The topological polar surface area (TPSA) is 91.7 Å². The first-order chi connectivity index (χ1) is 14.1. The third-order valence-electron chi connectivity index (χ3n) is 5.26. The van der Waals surface area contributed by atoms with Crippen LogP contribution >= 0.6 is 0 Å². The van der Waals surface area contributed by atoms with E-state index in [2.05, 4.69) is 25.6 Å². The normalized spacial score (nSPS) is 14.9. The number of aromatic amines is 1. The van der Waals surface area contributed by atoms with E-state index in [9.17, 15) is 9.18 Å². The lowest BCUT2D eigenvalue weighted by Gasteiger charge is -2.30. The number of nitrogens with one attached hydrogen (secondary N) is 2. The van der Waals surface area contributed by atoms with Gasteiger partial charge in [0.2, 0.25) is 0 Å². The van der Waals surface area contributed by atoms with E-state index in [-0.39, 0.29) is 24.3 Å². The van der Waals surface area contributed by atoms with Crippen molar-refractivity contribution in [2.24, 2.45) is 0 Å². The number of likely N-dealkylation sites (tertiary alicyclic amines) is 1. The van der Waals surface area contributed by atoms with Gasteiger partial charge in [0, 0.05) is 37.1 Å². The average Bonchev–Trinajstić information content (AvgIpc) is 3.39. The first-order valence-electron chi connectivity index (χ1n) is 9.86. The van der Waals surface area contributed by atoms with Crippen molar-refractivity contribution < 1.29 is 9.18 Å². The fraction of sp³-hybridized carbons (Fsp3) is 0.400. The summed E-state index contributed by atoms with van der Waals surface area (Å²) in [5.41, 5.74) is 0.519. The Hall–Kier alpha value is -3.23. The van der Waals surface area contributed by atoms with Crippen LogP contribution in [0, 0.1) is 5.82 Å². The minimum absolute atomic E-state index is 0.178. The SMILES string of the molecule is CCc1nc(C2CCN(C(=O)Nc3ccnn3Cc3ccccc3F)CC2)n[nH]1. The fourth-order valence-electron chi connectivity index (χ4n) is 3.53. The van der Waals surface area contributed by atoms with E-state index in [0.717, 1.165) is 30.9 Å². The van der Waals surface area contributed by atoms with Gasteiger partial charge in [-0.15, -0.1) is 0 Å². The summed E-state index contributed by atoms with van der Waals surface area (Å²) in [6.45, 7) is 3.55. The van der Waals surface area contributed by atoms with Gasteiger partial charge in [-0.2, -0.15) is 10.2 Å². The number of urea groups is 1. The van der Waals surface area contributed by atoms with Crippen LogP contribution in [0.3, 0.4) is 0 Å². The molecule has 1 saturated heterocycles. The molecule has 3 heterocycles. The predicted molar refractivity (Wildman–Crippen MR) is 106 cm³/mol. The molecule has 0 bridgehead atoms. The molecule has 4 rings (SSSR count). The number of nitrogens with zero attached hydrogens (tertiary/aromatic N) is 5. The van der Waals surface area contributed by atoms with Crippen LogP contribution in [0.4, 0.5) is 15.0 Å². The Morgan fingerprint density at radius 2 is 2.07 bits per heavy atom. The number of hydrogen-bond acceptors (Lipinski definition) is 4. The van der Waals surface area contributed by atoms with Crippen molar-refractivity contribution in [2.45, 2.75) is 38.6 Å². The average molecular weight is 397 g/mol. The Morgan fingerprint density at radius 3 is 2.79 bits per heavy atom. The van der Waals surface area contributed by atoms with Crippen molar-refractivity contribution >= 4 is 11.8 Å². The summed E-state index contributed by atoms with van der Waals surface area (Å²) >= 11 is 0. The van der Waals surface area contributed by atoms with Crippen LogP contribution in [0.2, 0.25) is 0 Å². The zero-order valence-electron chi connectivity index (χ0n) is 16.3. The summed E-state index contributed by atoms with van der Waals surface area (Å²) in [5, 5.41) is 14.4. The number of aryl methyl sites for hydroxylation is 1. The molecule has 0 aliphatic carbocycles. The standard InChI is InChI=1S/C20H24FN7O/c1-2-17-23-19(26-25-17)14-8-11-27(12-9-14)20(29)24-18-7-10-22-28(18)13-15-5-3-4-6-16(15)21/h3-7,10,14H,2,8-9,11-13H2,1H3,(H,24,29)(H,23,25,26). The van der Waals surface area contributed by atoms with Crippen molar-refractivity contribution in [2.75, 3.05) is 18.4 Å². The zero-order chi connectivity index (χ0) is 20.2. The summed E-state index contributed by atoms with van der Waals surface area (Å²) in [7, 11) is 0. The minimum Gasteiger partial charge on any atom is -0.324 e. The molecular weight excluding hydrogens is 373 g/mol. The van der Waals surface area contributed by atoms with Crippen LogP contribution in [0.25, 0.3) is 0 Å².